The van der Waals surface area contributed by atoms with Gasteiger partial charge in [0.2, 0.25) is 0 Å². The number of nitrogens with one attached hydrogen (secondary N) is 2. The second-order valence-corrected chi connectivity index (χ2v) is 6.45. The number of benzene rings is 2. The summed E-state index contributed by atoms with van der Waals surface area (Å²) in [6.45, 7) is 2.17. The first-order chi connectivity index (χ1) is 10.8. The quantitative estimate of drug-likeness (QED) is 0.688. The van der Waals surface area contributed by atoms with Crippen molar-refractivity contribution in [2.24, 2.45) is 0 Å². The molecule has 1 aliphatic heterocycles. The number of rotatable bonds is 2. The van der Waals surface area contributed by atoms with Gasteiger partial charge in [-0.15, -0.1) is 0 Å². The Balaban J connectivity index is 1.94. The Hall–Kier alpha value is -1.77. The average Bonchev–Trinajstić information content (AvgIpc) is 2.95. The highest BCUT2D eigenvalue weighted by Crippen LogP contribution is 2.39. The molecule has 1 fully saturated rings. The zero-order valence-electron chi connectivity index (χ0n) is 12.4. The first-order valence-electron chi connectivity index (χ1n) is 7.90. The van der Waals surface area contributed by atoms with Gasteiger partial charge in [0.15, 0.2) is 0 Å². The predicted octanol–water partition coefficient (Wildman–Crippen LogP) is 4.96. The van der Waals surface area contributed by atoms with E-state index in [-0.39, 0.29) is 0 Å². The summed E-state index contributed by atoms with van der Waals surface area (Å²) in [6.07, 6.45) is 2.46. The van der Waals surface area contributed by atoms with Crippen molar-refractivity contribution < 1.29 is 0 Å². The standard InChI is InChI=1S/C19H19ClN2/c20-15-8-9-17-16(11-15)18(14-7-4-10-21-12-14)19(22-17)13-5-2-1-3-6-13/h1-3,5-6,8-9,11,14,21-22H,4,7,10,12H2. The van der Waals surface area contributed by atoms with Crippen LogP contribution in [-0.2, 0) is 0 Å². The largest absolute Gasteiger partial charge is 0.354 e. The minimum atomic E-state index is 0.538. The van der Waals surface area contributed by atoms with Gasteiger partial charge < -0.3 is 10.3 Å². The van der Waals surface area contributed by atoms with Crippen molar-refractivity contribution in [3.63, 3.8) is 0 Å². The number of hydrogen-bond acceptors (Lipinski definition) is 1. The summed E-state index contributed by atoms with van der Waals surface area (Å²) in [6, 6.07) is 16.7. The highest BCUT2D eigenvalue weighted by molar-refractivity contribution is 6.31. The number of fused-ring (bicyclic) bond motifs is 1. The normalized spacial score (nSPS) is 18.7. The van der Waals surface area contributed by atoms with Gasteiger partial charge in [-0.05, 0) is 54.6 Å². The Morgan fingerprint density at radius 2 is 1.91 bits per heavy atom. The van der Waals surface area contributed by atoms with Crippen LogP contribution in [0.15, 0.2) is 48.5 Å². The lowest BCUT2D eigenvalue weighted by Crippen LogP contribution is -2.28. The van der Waals surface area contributed by atoms with Crippen LogP contribution in [0.1, 0.15) is 24.3 Å². The van der Waals surface area contributed by atoms with Gasteiger partial charge in [0.25, 0.3) is 0 Å². The van der Waals surface area contributed by atoms with Gasteiger partial charge in [-0.1, -0.05) is 41.9 Å². The highest BCUT2D eigenvalue weighted by atomic mass is 35.5. The predicted molar refractivity (Wildman–Crippen MR) is 93.6 cm³/mol. The molecule has 1 unspecified atom stereocenters. The van der Waals surface area contributed by atoms with Gasteiger partial charge in [-0.3, -0.25) is 0 Å². The summed E-state index contributed by atoms with van der Waals surface area (Å²) in [5.74, 6) is 0.538. The Labute approximate surface area is 135 Å². The fourth-order valence-electron chi connectivity index (χ4n) is 3.54. The summed E-state index contributed by atoms with van der Waals surface area (Å²) in [5, 5.41) is 5.60. The fraction of sp³-hybridized carbons (Fsp3) is 0.263. The maximum atomic E-state index is 6.26. The summed E-state index contributed by atoms with van der Waals surface area (Å²) >= 11 is 6.26. The molecule has 0 aliphatic carbocycles. The molecule has 2 heterocycles. The summed E-state index contributed by atoms with van der Waals surface area (Å²) in [5.41, 5.74) is 5.07. The van der Waals surface area contributed by atoms with Crippen molar-refractivity contribution in [3.8, 4) is 11.3 Å². The summed E-state index contributed by atoms with van der Waals surface area (Å²) < 4.78 is 0. The van der Waals surface area contributed by atoms with E-state index >= 15 is 0 Å². The van der Waals surface area contributed by atoms with Gasteiger partial charge in [0.05, 0.1) is 5.69 Å². The lowest BCUT2D eigenvalue weighted by molar-refractivity contribution is 0.464. The second-order valence-electron chi connectivity index (χ2n) is 6.01. The minimum Gasteiger partial charge on any atom is -0.354 e. The zero-order valence-corrected chi connectivity index (χ0v) is 13.2. The minimum absolute atomic E-state index is 0.538. The van der Waals surface area contributed by atoms with E-state index in [1.807, 2.05) is 6.07 Å². The fourth-order valence-corrected chi connectivity index (χ4v) is 3.71. The lowest BCUT2D eigenvalue weighted by Gasteiger charge is -2.24. The molecule has 0 saturated carbocycles. The Morgan fingerprint density at radius 3 is 2.68 bits per heavy atom. The van der Waals surface area contributed by atoms with Gasteiger partial charge in [-0.2, -0.15) is 0 Å². The van der Waals surface area contributed by atoms with E-state index in [9.17, 15) is 0 Å². The van der Waals surface area contributed by atoms with Crippen molar-refractivity contribution in [1.82, 2.24) is 10.3 Å². The Bertz CT molecular complexity index is 786. The average molecular weight is 311 g/mol. The van der Waals surface area contributed by atoms with Crippen LogP contribution in [0, 0.1) is 0 Å². The van der Waals surface area contributed by atoms with Gasteiger partial charge in [0, 0.05) is 22.5 Å². The van der Waals surface area contributed by atoms with Crippen LogP contribution in [0.3, 0.4) is 0 Å². The molecule has 1 atom stereocenters. The topological polar surface area (TPSA) is 27.8 Å². The molecular formula is C19H19ClN2. The molecule has 1 saturated heterocycles. The first-order valence-corrected chi connectivity index (χ1v) is 8.28. The van der Waals surface area contributed by atoms with E-state index < -0.39 is 0 Å². The molecule has 4 rings (SSSR count). The SMILES string of the molecule is Clc1ccc2[nH]c(-c3ccccc3)c(C3CCCNC3)c2c1. The Morgan fingerprint density at radius 1 is 1.05 bits per heavy atom. The maximum Gasteiger partial charge on any atom is 0.0500 e. The molecule has 0 bridgehead atoms. The van der Waals surface area contributed by atoms with Crippen molar-refractivity contribution in [2.45, 2.75) is 18.8 Å². The van der Waals surface area contributed by atoms with Crippen molar-refractivity contribution >= 4 is 22.5 Å². The van der Waals surface area contributed by atoms with Crippen molar-refractivity contribution in [1.29, 1.82) is 0 Å². The smallest absolute Gasteiger partial charge is 0.0500 e. The van der Waals surface area contributed by atoms with Gasteiger partial charge in [0.1, 0.15) is 0 Å². The number of piperidine rings is 1. The maximum absolute atomic E-state index is 6.26. The van der Waals surface area contributed by atoms with Gasteiger partial charge >= 0.3 is 0 Å². The third-order valence-corrected chi connectivity index (χ3v) is 4.80. The van der Waals surface area contributed by atoms with E-state index in [4.69, 9.17) is 11.6 Å². The third kappa shape index (κ3) is 2.43. The molecule has 2 aromatic carbocycles. The van der Waals surface area contributed by atoms with E-state index in [0.29, 0.717) is 5.92 Å². The van der Waals surface area contributed by atoms with Crippen molar-refractivity contribution in [3.05, 3.63) is 59.1 Å². The van der Waals surface area contributed by atoms with E-state index in [2.05, 4.69) is 52.8 Å². The molecule has 112 valence electrons. The lowest BCUT2D eigenvalue weighted by atomic mass is 9.88. The summed E-state index contributed by atoms with van der Waals surface area (Å²) in [4.78, 5) is 3.62. The molecule has 3 heteroatoms. The number of halogens is 1. The molecule has 0 spiro atoms. The summed E-state index contributed by atoms with van der Waals surface area (Å²) in [7, 11) is 0. The van der Waals surface area contributed by atoms with Crippen molar-refractivity contribution in [2.75, 3.05) is 13.1 Å². The number of aromatic nitrogens is 1. The van der Waals surface area contributed by atoms with Crippen LogP contribution in [0.4, 0.5) is 0 Å². The zero-order chi connectivity index (χ0) is 14.9. The van der Waals surface area contributed by atoms with Crippen LogP contribution in [0.25, 0.3) is 22.2 Å². The van der Waals surface area contributed by atoms with Gasteiger partial charge in [-0.25, -0.2) is 0 Å². The third-order valence-electron chi connectivity index (χ3n) is 4.57. The molecule has 22 heavy (non-hydrogen) atoms. The number of aromatic amines is 1. The number of hydrogen-bond donors (Lipinski definition) is 2. The van der Waals surface area contributed by atoms with E-state index in [0.717, 1.165) is 18.1 Å². The molecule has 1 aliphatic rings. The van der Waals surface area contributed by atoms with Crippen LogP contribution in [-0.4, -0.2) is 18.1 Å². The highest BCUT2D eigenvalue weighted by Gasteiger charge is 2.23. The van der Waals surface area contributed by atoms with Crippen LogP contribution < -0.4 is 5.32 Å². The Kier molecular flexibility index (Phi) is 3.65. The molecular weight excluding hydrogens is 292 g/mol. The molecule has 1 aromatic heterocycles. The second kappa shape index (κ2) is 5.79. The molecule has 0 radical (unpaired) electrons. The van der Waals surface area contributed by atoms with Crippen LogP contribution >= 0.6 is 11.6 Å². The van der Waals surface area contributed by atoms with Crippen LogP contribution in [0.2, 0.25) is 5.02 Å². The monoisotopic (exact) mass is 310 g/mol. The first kappa shape index (κ1) is 13.9. The molecule has 0 amide bonds. The molecule has 3 aromatic rings. The number of H-pyrrole nitrogens is 1. The van der Waals surface area contributed by atoms with E-state index in [1.165, 1.54) is 40.6 Å². The van der Waals surface area contributed by atoms with E-state index in [1.54, 1.807) is 0 Å². The molecule has 2 N–H and O–H groups in total. The van der Waals surface area contributed by atoms with Crippen LogP contribution in [0.5, 0.6) is 0 Å². The molecule has 2 nitrogen and oxygen atoms in total.